The zero-order valence-corrected chi connectivity index (χ0v) is 3.56. The van der Waals surface area contributed by atoms with E-state index in [1.807, 2.05) is 0 Å². The third kappa shape index (κ3) is 28.2. The summed E-state index contributed by atoms with van der Waals surface area (Å²) in [5.41, 5.74) is 0. The van der Waals surface area contributed by atoms with E-state index < -0.39 is 5.97 Å². The first-order chi connectivity index (χ1) is 2.27. The number of hydrogen-bond donors (Lipinski definition) is 1. The Hall–Kier alpha value is 0.962. The molecule has 0 bridgehead atoms. The average Bonchev–Trinajstić information content (AvgIpc) is 1.38. The number of carboxylic acids is 1. The Morgan fingerprint density at radius 3 is 1.62 bits per heavy atom. The molecule has 0 spiro atoms. The zero-order chi connectivity index (χ0) is 4.28. The number of rotatable bonds is 1. The van der Waals surface area contributed by atoms with Gasteiger partial charge in [0.15, 0.2) is 0 Å². The lowest BCUT2D eigenvalue weighted by Gasteiger charge is -1.71. The number of aliphatic carboxylic acids is 1. The highest BCUT2D eigenvalue weighted by molar-refractivity contribution is 5.76. The molecular formula is C3H12Mg2O3. The highest BCUT2D eigenvalue weighted by Crippen LogP contribution is 1.67. The van der Waals surface area contributed by atoms with Gasteiger partial charge in [-0.25, -0.2) is 0 Å². The summed E-state index contributed by atoms with van der Waals surface area (Å²) in [6.07, 6.45) is 0.222. The normalized spacial score (nSPS) is 4.62. The van der Waals surface area contributed by atoms with Gasteiger partial charge in [0.2, 0.25) is 0 Å². The molecule has 0 atom stereocenters. The predicted octanol–water partition coefficient (Wildman–Crippen LogP) is -2.18. The molecule has 0 heterocycles. The Bertz CT molecular complexity index is 47.8. The molecule has 0 aromatic heterocycles. The molecule has 0 amide bonds. The van der Waals surface area contributed by atoms with Gasteiger partial charge in [0.25, 0.3) is 0 Å². The Kier molecular flexibility index (Phi) is 45.2. The Balaban J connectivity index is -0.0000000267. The molecule has 3 N–H and O–H groups in total. The van der Waals surface area contributed by atoms with Gasteiger partial charge in [0.1, 0.15) is 0 Å². The van der Waals surface area contributed by atoms with Gasteiger partial charge in [-0.1, -0.05) is 6.92 Å². The second-order valence-corrected chi connectivity index (χ2v) is 0.747. The molecular weight excluding hydrogens is 133 g/mol. The van der Waals surface area contributed by atoms with Crippen molar-refractivity contribution in [1.29, 1.82) is 0 Å². The van der Waals surface area contributed by atoms with Crippen molar-refractivity contribution in [1.82, 2.24) is 0 Å². The molecule has 0 aliphatic rings. The molecule has 0 aliphatic carbocycles. The first-order valence-electron chi connectivity index (χ1n) is 1.49. The fourth-order valence-corrected chi connectivity index (χ4v) is 0. The number of hydrogen-bond acceptors (Lipinski definition) is 1. The van der Waals surface area contributed by atoms with Crippen LogP contribution < -0.4 is 0 Å². The summed E-state index contributed by atoms with van der Waals surface area (Å²) < 4.78 is 0. The van der Waals surface area contributed by atoms with Crippen LogP contribution >= 0.6 is 0 Å². The first-order valence-corrected chi connectivity index (χ1v) is 1.49. The molecule has 5 heteroatoms. The molecule has 0 fully saturated rings. The molecule has 0 rings (SSSR count). The lowest BCUT2D eigenvalue weighted by molar-refractivity contribution is -0.136. The summed E-state index contributed by atoms with van der Waals surface area (Å²) in [6, 6.07) is 0. The maximum absolute atomic E-state index is 9.37. The highest BCUT2D eigenvalue weighted by Gasteiger charge is 1.80. The van der Waals surface area contributed by atoms with Crippen LogP contribution in [0.5, 0.6) is 0 Å². The van der Waals surface area contributed by atoms with Gasteiger partial charge in [-0.2, -0.15) is 0 Å². The van der Waals surface area contributed by atoms with Crippen LogP contribution in [-0.4, -0.2) is 62.7 Å². The summed E-state index contributed by atoms with van der Waals surface area (Å²) >= 11 is 0. The maximum atomic E-state index is 9.37. The maximum Gasteiger partial charge on any atom is 0.316 e. The van der Waals surface area contributed by atoms with Crippen LogP contribution in [0.2, 0.25) is 0 Å². The largest absolute Gasteiger partial charge is 0.481 e. The second kappa shape index (κ2) is 15.7. The van der Waals surface area contributed by atoms with Crippen LogP contribution in [0.15, 0.2) is 0 Å². The summed E-state index contributed by atoms with van der Waals surface area (Å²) in [6.45, 7) is 1.60. The second-order valence-electron chi connectivity index (χ2n) is 0.747. The molecule has 0 aromatic carbocycles. The molecule has 0 saturated heterocycles. The van der Waals surface area contributed by atoms with E-state index in [4.69, 9.17) is 5.11 Å². The van der Waals surface area contributed by atoms with Crippen molar-refractivity contribution in [2.75, 3.05) is 0 Å². The van der Waals surface area contributed by atoms with Gasteiger partial charge < -0.3 is 10.6 Å². The average molecular weight is 145 g/mol. The highest BCUT2D eigenvalue weighted by atomic mass is 24.3. The van der Waals surface area contributed by atoms with Gasteiger partial charge in [0.05, 0.1) is 0 Å². The van der Waals surface area contributed by atoms with Crippen molar-refractivity contribution < 1.29 is 15.4 Å². The van der Waals surface area contributed by atoms with Gasteiger partial charge in [0, 0.05) is 6.42 Å². The molecule has 8 heavy (non-hydrogen) atoms. The van der Waals surface area contributed by atoms with Crippen LogP contribution in [-0.2, 0) is 4.79 Å². The fourth-order valence-electron chi connectivity index (χ4n) is 0. The Labute approximate surface area is 80.4 Å². The Morgan fingerprint density at radius 2 is 1.62 bits per heavy atom. The summed E-state index contributed by atoms with van der Waals surface area (Å²) in [5, 5.41) is 7.72. The first kappa shape index (κ1) is 23.1. The lowest BCUT2D eigenvalue weighted by atomic mass is 10.5. The van der Waals surface area contributed by atoms with Gasteiger partial charge in [-0.15, -0.1) is 0 Å². The fraction of sp³-hybridized carbons (Fsp3) is 0.667. The Morgan fingerprint density at radius 1 is 1.50 bits per heavy atom. The van der Waals surface area contributed by atoms with E-state index in [-0.39, 0.29) is 58.0 Å². The van der Waals surface area contributed by atoms with Gasteiger partial charge in [-0.05, 0) is 0 Å². The van der Waals surface area contributed by atoms with Crippen LogP contribution in [0, 0.1) is 0 Å². The molecule has 46 valence electrons. The number of carbonyl (C=O) groups is 1. The predicted molar refractivity (Wildman–Crippen MR) is 38.6 cm³/mol. The van der Waals surface area contributed by atoms with Crippen LogP contribution in [0.1, 0.15) is 13.3 Å². The smallest absolute Gasteiger partial charge is 0.316 e. The third-order valence-corrected chi connectivity index (χ3v) is 0.302. The quantitative estimate of drug-likeness (QED) is 0.426. The third-order valence-electron chi connectivity index (χ3n) is 0.302. The van der Waals surface area contributed by atoms with Gasteiger partial charge >= 0.3 is 52.1 Å². The molecule has 0 aliphatic heterocycles. The molecule has 0 unspecified atom stereocenters. The summed E-state index contributed by atoms with van der Waals surface area (Å²) in [5.74, 6) is -0.745. The van der Waals surface area contributed by atoms with E-state index in [9.17, 15) is 4.79 Å². The summed E-state index contributed by atoms with van der Waals surface area (Å²) in [7, 11) is 0. The van der Waals surface area contributed by atoms with Crippen molar-refractivity contribution in [3.05, 3.63) is 0 Å². The monoisotopic (exact) mass is 144 g/mol. The van der Waals surface area contributed by atoms with Crippen molar-refractivity contribution in [3.63, 3.8) is 0 Å². The number of carboxylic acid groups (broad SMARTS) is 1. The molecule has 0 saturated carbocycles. The van der Waals surface area contributed by atoms with E-state index in [0.29, 0.717) is 0 Å². The molecule has 0 aromatic rings. The molecule has 3 nitrogen and oxygen atoms in total. The van der Waals surface area contributed by atoms with E-state index >= 15 is 0 Å². The zero-order valence-electron chi connectivity index (χ0n) is 3.56. The van der Waals surface area contributed by atoms with Crippen molar-refractivity contribution in [3.8, 4) is 0 Å². The van der Waals surface area contributed by atoms with Crippen LogP contribution in [0.4, 0.5) is 0 Å². The van der Waals surface area contributed by atoms with Crippen molar-refractivity contribution >= 4 is 52.1 Å². The van der Waals surface area contributed by atoms with Crippen LogP contribution in [0.3, 0.4) is 0 Å². The van der Waals surface area contributed by atoms with Crippen LogP contribution in [0.25, 0.3) is 0 Å². The topological polar surface area (TPSA) is 68.8 Å². The van der Waals surface area contributed by atoms with Crippen molar-refractivity contribution in [2.45, 2.75) is 13.3 Å². The SMILES string of the molecule is CCC(=O)O.O.[MgH2].[MgH2]. The van der Waals surface area contributed by atoms with E-state index in [1.165, 1.54) is 0 Å². The van der Waals surface area contributed by atoms with E-state index in [0.717, 1.165) is 0 Å². The van der Waals surface area contributed by atoms with Crippen molar-refractivity contribution in [2.24, 2.45) is 0 Å². The minimum atomic E-state index is -0.745. The van der Waals surface area contributed by atoms with Gasteiger partial charge in [-0.3, -0.25) is 4.79 Å². The minimum absolute atomic E-state index is 0. The lowest BCUT2D eigenvalue weighted by Crippen LogP contribution is -1.86. The molecule has 0 radical (unpaired) electrons. The summed E-state index contributed by atoms with van der Waals surface area (Å²) in [4.78, 5) is 9.37. The van der Waals surface area contributed by atoms with E-state index in [1.54, 1.807) is 6.92 Å². The van der Waals surface area contributed by atoms with E-state index in [2.05, 4.69) is 0 Å². The minimum Gasteiger partial charge on any atom is -0.481 e. The standard InChI is InChI=1S/C3H6O2.2Mg.H2O.4H/c1-2-3(4)5;;;;;;;/h2H2,1H3,(H,4,5);;;1H2;;;;.